The molecule has 14 nitrogen and oxygen atoms in total. The molecule has 406 valence electrons. The van der Waals surface area contributed by atoms with Crippen LogP contribution in [0.4, 0.5) is 0 Å². The lowest BCUT2D eigenvalue weighted by Gasteiger charge is -2.36. The van der Waals surface area contributed by atoms with Gasteiger partial charge in [-0.25, -0.2) is 0 Å². The third-order valence-electron chi connectivity index (χ3n) is 16.5. The Kier molecular flexibility index (Phi) is 20.7. The van der Waals surface area contributed by atoms with Gasteiger partial charge in [0.1, 0.15) is 12.1 Å². The maximum absolute atomic E-state index is 14.6. The largest absolute Gasteiger partial charge is 0.343 e. The minimum Gasteiger partial charge on any atom is -0.343 e. The molecular formula is C62H82N8O6. The molecule has 4 N–H and O–H groups in total. The van der Waals surface area contributed by atoms with Crippen molar-refractivity contribution in [2.75, 3.05) is 66.5 Å². The molecule has 0 aromatic heterocycles. The fraction of sp³-hybridized carbons (Fsp3) is 0.516. The van der Waals surface area contributed by atoms with E-state index in [-0.39, 0.29) is 72.5 Å². The van der Waals surface area contributed by atoms with Gasteiger partial charge in [-0.15, -0.1) is 0 Å². The van der Waals surface area contributed by atoms with Crippen LogP contribution < -0.4 is 21.3 Å². The number of likely N-dealkylation sites (tertiary alicyclic amines) is 2. The Morgan fingerprint density at radius 2 is 0.842 bits per heavy atom. The number of benzene rings is 4. The van der Waals surface area contributed by atoms with Crippen molar-refractivity contribution in [2.45, 2.75) is 127 Å². The van der Waals surface area contributed by atoms with Crippen LogP contribution in [-0.4, -0.2) is 146 Å². The summed E-state index contributed by atoms with van der Waals surface area (Å²) in [6.07, 6.45) is 14.7. The number of likely N-dealkylation sites (N-methyl/N-ethyl adjacent to an activating group) is 2. The van der Waals surface area contributed by atoms with Crippen LogP contribution in [0.15, 0.2) is 109 Å². The van der Waals surface area contributed by atoms with Gasteiger partial charge in [0.05, 0.1) is 13.1 Å². The number of nitrogens with one attached hydrogen (secondary N) is 4. The number of carbonyl (C=O) groups excluding carboxylic acids is 6. The van der Waals surface area contributed by atoms with Crippen LogP contribution in [0.3, 0.4) is 0 Å². The summed E-state index contributed by atoms with van der Waals surface area (Å²) in [7, 11) is 3.46. The molecule has 76 heavy (non-hydrogen) atoms. The third-order valence-corrected chi connectivity index (χ3v) is 16.5. The first kappa shape index (κ1) is 55.8. The fourth-order valence-electron chi connectivity index (χ4n) is 12.3. The summed E-state index contributed by atoms with van der Waals surface area (Å²) in [5.74, 6) is -0.450. The van der Waals surface area contributed by atoms with Gasteiger partial charge in [0.2, 0.25) is 23.6 Å². The zero-order valence-electron chi connectivity index (χ0n) is 45.1. The van der Waals surface area contributed by atoms with E-state index in [9.17, 15) is 28.8 Å². The van der Waals surface area contributed by atoms with E-state index in [0.29, 0.717) is 63.2 Å². The van der Waals surface area contributed by atoms with Crippen molar-refractivity contribution >= 4 is 35.4 Å². The highest BCUT2D eigenvalue weighted by Crippen LogP contribution is 2.32. The lowest BCUT2D eigenvalue weighted by Crippen LogP contribution is -2.56. The zero-order chi connectivity index (χ0) is 53.2. The van der Waals surface area contributed by atoms with E-state index in [1.54, 1.807) is 14.1 Å². The van der Waals surface area contributed by atoms with Gasteiger partial charge in [0.15, 0.2) is 0 Å². The Morgan fingerprint density at radius 3 is 1.20 bits per heavy atom. The highest BCUT2D eigenvalue weighted by Gasteiger charge is 2.41. The average molecular weight is 1040 g/mol. The lowest BCUT2D eigenvalue weighted by atomic mass is 9.83. The van der Waals surface area contributed by atoms with Gasteiger partial charge in [-0.05, 0) is 137 Å². The maximum Gasteiger partial charge on any atom is 0.253 e. The molecule has 4 atom stereocenters. The number of hydrogen-bond acceptors (Lipinski definition) is 8. The van der Waals surface area contributed by atoms with Crippen LogP contribution >= 0.6 is 0 Å². The summed E-state index contributed by atoms with van der Waals surface area (Å²) >= 11 is 0. The van der Waals surface area contributed by atoms with Crippen molar-refractivity contribution in [3.05, 3.63) is 131 Å². The van der Waals surface area contributed by atoms with Gasteiger partial charge in [-0.3, -0.25) is 28.8 Å². The molecule has 4 aromatic rings. The van der Waals surface area contributed by atoms with E-state index in [4.69, 9.17) is 0 Å². The summed E-state index contributed by atoms with van der Waals surface area (Å²) in [6.45, 7) is 3.24. The molecule has 2 aliphatic carbocycles. The van der Waals surface area contributed by atoms with Crippen molar-refractivity contribution in [2.24, 2.45) is 11.8 Å². The molecule has 2 heterocycles. The highest BCUT2D eigenvalue weighted by atomic mass is 16.2. The molecule has 4 aliphatic rings. The monoisotopic (exact) mass is 1030 g/mol. The SMILES string of the molecule is CNCC(=O)NC(C(=O)N1CCCC1CN(CCc1ccccc1)C(=O)c1ccc(-c2ccc(C(=O)N(CCc3ccccc3)CC3CCCN3C(=O)C(NC(=O)CNC)C3CCCCC3)cc2)cc1)C1CCCCC1. The summed E-state index contributed by atoms with van der Waals surface area (Å²) in [6, 6.07) is 34.1. The smallest absolute Gasteiger partial charge is 0.253 e. The van der Waals surface area contributed by atoms with E-state index >= 15 is 0 Å². The molecule has 0 radical (unpaired) electrons. The standard InChI is InChI=1S/C62H82N8O6/c1-63-41-55(71)65-57(49-21-11-5-12-22-49)61(75)69-37-15-25-53(69)43-67(39-35-45-17-7-3-8-18-45)59(73)51-31-27-47(28-32-51)48-29-33-52(34-30-48)60(74)68(40-36-46-19-9-4-10-20-46)44-54-26-16-38-70(54)62(76)58(66-56(72)42-64-2)50-23-13-6-14-24-50/h3-4,7-10,17-20,27-34,49-50,53-54,57-58,63-64H,5-6,11-16,21-26,35-44H2,1-2H3,(H,65,71)(H,66,72). The van der Waals surface area contributed by atoms with Gasteiger partial charge in [-0.2, -0.15) is 0 Å². The number of hydrogen-bond donors (Lipinski definition) is 4. The van der Waals surface area contributed by atoms with Gasteiger partial charge in [0, 0.05) is 62.5 Å². The quantitative estimate of drug-likeness (QED) is 0.0603. The molecule has 14 heteroatoms. The number of nitrogens with zero attached hydrogens (tertiary/aromatic N) is 4. The Morgan fingerprint density at radius 1 is 0.474 bits per heavy atom. The summed E-state index contributed by atoms with van der Waals surface area (Å²) < 4.78 is 0. The van der Waals surface area contributed by atoms with Crippen LogP contribution in [0, 0.1) is 11.8 Å². The predicted molar refractivity (Wildman–Crippen MR) is 298 cm³/mol. The zero-order valence-corrected chi connectivity index (χ0v) is 45.1. The molecule has 6 amide bonds. The third kappa shape index (κ3) is 15.0. The van der Waals surface area contributed by atoms with Crippen LogP contribution in [0.1, 0.15) is 122 Å². The average Bonchev–Trinajstić information content (AvgIpc) is 4.15. The predicted octanol–water partition coefficient (Wildman–Crippen LogP) is 7.27. The van der Waals surface area contributed by atoms with Crippen LogP contribution in [0.5, 0.6) is 0 Å². The van der Waals surface area contributed by atoms with E-state index in [0.717, 1.165) is 112 Å². The summed E-state index contributed by atoms with van der Waals surface area (Å²) in [5.41, 5.74) is 5.17. The second-order valence-electron chi connectivity index (χ2n) is 21.7. The van der Waals surface area contributed by atoms with Gasteiger partial charge in [-0.1, -0.05) is 123 Å². The van der Waals surface area contributed by atoms with Gasteiger partial charge >= 0.3 is 0 Å². The summed E-state index contributed by atoms with van der Waals surface area (Å²) in [5, 5.41) is 12.0. The van der Waals surface area contributed by atoms with E-state index in [2.05, 4.69) is 45.5 Å². The highest BCUT2D eigenvalue weighted by molar-refractivity contribution is 5.96. The molecule has 0 spiro atoms. The van der Waals surface area contributed by atoms with Crippen LogP contribution in [-0.2, 0) is 32.0 Å². The van der Waals surface area contributed by atoms with Crippen molar-refractivity contribution in [3.63, 3.8) is 0 Å². The maximum atomic E-state index is 14.6. The lowest BCUT2D eigenvalue weighted by molar-refractivity contribution is -0.139. The first-order valence-electron chi connectivity index (χ1n) is 28.5. The normalized spacial score (nSPS) is 18.9. The minimum atomic E-state index is -0.580. The van der Waals surface area contributed by atoms with Gasteiger partial charge in [0.25, 0.3) is 11.8 Å². The van der Waals surface area contributed by atoms with Crippen molar-refractivity contribution in [1.29, 1.82) is 0 Å². The van der Waals surface area contributed by atoms with Gasteiger partial charge < -0.3 is 40.9 Å². The molecule has 0 bridgehead atoms. The summed E-state index contributed by atoms with van der Waals surface area (Å²) in [4.78, 5) is 91.8. The molecule has 2 saturated heterocycles. The second-order valence-corrected chi connectivity index (χ2v) is 21.7. The number of amides is 6. The minimum absolute atomic E-state index is 0.0369. The topological polar surface area (TPSA) is 163 Å². The molecule has 2 aliphatic heterocycles. The Bertz CT molecular complexity index is 2340. The van der Waals surface area contributed by atoms with Crippen molar-refractivity contribution in [1.82, 2.24) is 40.9 Å². The van der Waals surface area contributed by atoms with Crippen molar-refractivity contribution in [3.8, 4) is 11.1 Å². The Hall–Kier alpha value is -6.38. The molecule has 2 saturated carbocycles. The Labute approximate surface area is 451 Å². The molecule has 4 unspecified atom stereocenters. The van der Waals surface area contributed by atoms with Crippen LogP contribution in [0.25, 0.3) is 11.1 Å². The second kappa shape index (κ2) is 28.1. The molecule has 8 rings (SSSR count). The van der Waals surface area contributed by atoms with E-state index < -0.39 is 12.1 Å². The molecule has 4 fully saturated rings. The molecular weight excluding hydrogens is 953 g/mol. The molecule has 4 aromatic carbocycles. The number of rotatable bonds is 23. The van der Waals surface area contributed by atoms with Crippen LogP contribution in [0.2, 0.25) is 0 Å². The Balaban J connectivity index is 0.965. The first-order valence-corrected chi connectivity index (χ1v) is 28.5. The van der Waals surface area contributed by atoms with E-state index in [1.165, 1.54) is 0 Å². The van der Waals surface area contributed by atoms with Crippen molar-refractivity contribution < 1.29 is 28.8 Å². The number of carbonyl (C=O) groups is 6. The first-order chi connectivity index (χ1) is 37.1. The fourth-order valence-corrected chi connectivity index (χ4v) is 12.3. The van der Waals surface area contributed by atoms with E-state index in [1.807, 2.05) is 105 Å².